The minimum atomic E-state index is -5.02. The number of benzene rings is 2. The summed E-state index contributed by atoms with van der Waals surface area (Å²) in [5, 5.41) is 31.2. The molecule has 28 heavy (non-hydrogen) atoms. The van der Waals surface area contributed by atoms with Crippen molar-refractivity contribution in [1.29, 1.82) is 0 Å². The molecule has 0 heterocycles. The van der Waals surface area contributed by atoms with E-state index in [1.54, 1.807) is 0 Å². The first-order valence-electron chi connectivity index (χ1n) is 7.73. The minimum absolute atomic E-state index is 0.0779. The Bertz CT molecular complexity index is 851. The van der Waals surface area contributed by atoms with Crippen molar-refractivity contribution in [3.63, 3.8) is 0 Å². The predicted octanol–water partition coefficient (Wildman–Crippen LogP) is 3.70. The molecule has 0 radical (unpaired) electrons. The highest BCUT2D eigenvalue weighted by atomic mass is 19.4. The Morgan fingerprint density at radius 1 is 1.07 bits per heavy atom. The van der Waals surface area contributed by atoms with Crippen LogP contribution in [0, 0.1) is 20.2 Å². The Morgan fingerprint density at radius 2 is 1.57 bits per heavy atom. The number of rotatable bonds is 7. The van der Waals surface area contributed by atoms with Crippen LogP contribution in [-0.4, -0.2) is 21.6 Å². The molecular formula is C16H14F3N3O6. The summed E-state index contributed by atoms with van der Waals surface area (Å²) in [6.45, 7) is -0.149. The lowest BCUT2D eigenvalue weighted by atomic mass is 10.1. The number of halogens is 3. The van der Waals surface area contributed by atoms with E-state index >= 15 is 0 Å². The molecule has 2 rings (SSSR count). The zero-order chi connectivity index (χ0) is 21.1. The van der Waals surface area contributed by atoms with Crippen LogP contribution in [0.25, 0.3) is 0 Å². The fraction of sp³-hybridized carbons (Fsp3) is 0.250. The minimum Gasteiger partial charge on any atom is -0.444 e. The summed E-state index contributed by atoms with van der Waals surface area (Å²) in [6.07, 6.45) is -4.74. The molecule has 12 heteroatoms. The molecule has 0 aliphatic carbocycles. The fourth-order valence-corrected chi connectivity index (χ4v) is 2.34. The molecule has 0 bridgehead atoms. The molecule has 2 aromatic carbocycles. The second kappa shape index (κ2) is 8.19. The number of nitrogens with two attached hydrogens (primary N) is 1. The van der Waals surface area contributed by atoms with E-state index in [0.29, 0.717) is 5.56 Å². The lowest BCUT2D eigenvalue weighted by molar-refractivity contribution is -0.396. The summed E-state index contributed by atoms with van der Waals surface area (Å²) in [5.74, 6) is -0.999. The molecule has 0 spiro atoms. The average molecular weight is 401 g/mol. The van der Waals surface area contributed by atoms with Crippen molar-refractivity contribution in [2.24, 2.45) is 5.73 Å². The van der Waals surface area contributed by atoms with Crippen LogP contribution in [0.2, 0.25) is 0 Å². The van der Waals surface area contributed by atoms with Gasteiger partial charge in [-0.2, -0.15) is 13.2 Å². The van der Waals surface area contributed by atoms with Crippen LogP contribution in [-0.2, 0) is 6.18 Å². The van der Waals surface area contributed by atoms with Crippen molar-refractivity contribution in [3.05, 3.63) is 67.8 Å². The molecular weight excluding hydrogens is 387 g/mol. The Morgan fingerprint density at radius 3 is 1.96 bits per heavy atom. The maximum absolute atomic E-state index is 12.9. The summed E-state index contributed by atoms with van der Waals surface area (Å²) >= 11 is 0. The summed E-state index contributed by atoms with van der Waals surface area (Å²) in [5.41, 5.74) is 2.48. The topological polar surface area (TPSA) is 142 Å². The van der Waals surface area contributed by atoms with Crippen molar-refractivity contribution in [1.82, 2.24) is 0 Å². The SMILES string of the molecule is NC(CCO)c1ccc(Oc2c([N+](=O)[O-])cc(C(F)(F)F)cc2[N+](=O)[O-])cc1. The van der Waals surface area contributed by atoms with Gasteiger partial charge < -0.3 is 15.6 Å². The molecule has 0 saturated heterocycles. The highest BCUT2D eigenvalue weighted by Gasteiger charge is 2.38. The number of nitro benzene ring substituents is 2. The number of hydrogen-bond acceptors (Lipinski definition) is 7. The van der Waals surface area contributed by atoms with Gasteiger partial charge in [-0.25, -0.2) is 0 Å². The van der Waals surface area contributed by atoms with E-state index in [2.05, 4.69) is 0 Å². The van der Waals surface area contributed by atoms with Crippen LogP contribution in [0.4, 0.5) is 24.5 Å². The zero-order valence-electron chi connectivity index (χ0n) is 14.0. The number of aliphatic hydroxyl groups is 1. The summed E-state index contributed by atoms with van der Waals surface area (Å²) in [4.78, 5) is 20.0. The lowest BCUT2D eigenvalue weighted by Gasteiger charge is -2.13. The van der Waals surface area contributed by atoms with Crippen LogP contribution < -0.4 is 10.5 Å². The van der Waals surface area contributed by atoms with E-state index < -0.39 is 44.8 Å². The number of ether oxygens (including phenoxy) is 1. The van der Waals surface area contributed by atoms with Gasteiger partial charge in [-0.1, -0.05) is 12.1 Å². The molecule has 0 saturated carbocycles. The Kier molecular flexibility index (Phi) is 6.16. The first-order valence-corrected chi connectivity index (χ1v) is 7.73. The van der Waals surface area contributed by atoms with E-state index in [1.807, 2.05) is 0 Å². The standard InChI is InChI=1S/C16H14F3N3O6/c17-16(18,19)10-7-13(21(24)25)15(14(8-10)22(26)27)28-11-3-1-9(2-4-11)12(20)5-6-23/h1-4,7-8,12,23H,5-6,20H2. The van der Waals surface area contributed by atoms with Gasteiger partial charge in [0.15, 0.2) is 0 Å². The highest BCUT2D eigenvalue weighted by molar-refractivity contribution is 5.63. The third-order valence-corrected chi connectivity index (χ3v) is 3.74. The second-order valence-electron chi connectivity index (χ2n) is 5.65. The first kappa shape index (κ1) is 21.1. The molecule has 150 valence electrons. The average Bonchev–Trinajstić information content (AvgIpc) is 2.61. The van der Waals surface area contributed by atoms with Crippen molar-refractivity contribution in [2.45, 2.75) is 18.6 Å². The molecule has 0 aliphatic heterocycles. The number of alkyl halides is 3. The number of aliphatic hydroxyl groups excluding tert-OH is 1. The first-order chi connectivity index (χ1) is 13.0. The monoisotopic (exact) mass is 401 g/mol. The van der Waals surface area contributed by atoms with Crippen molar-refractivity contribution in [3.8, 4) is 11.5 Å². The van der Waals surface area contributed by atoms with E-state index in [-0.39, 0.29) is 30.9 Å². The summed E-state index contributed by atoms with van der Waals surface area (Å²) in [6, 6.07) is 5.40. The largest absolute Gasteiger partial charge is 0.444 e. The van der Waals surface area contributed by atoms with Gasteiger partial charge in [0.05, 0.1) is 15.4 Å². The maximum atomic E-state index is 12.9. The molecule has 0 aromatic heterocycles. The van der Waals surface area contributed by atoms with Gasteiger partial charge in [-0.05, 0) is 24.1 Å². The Balaban J connectivity index is 2.49. The smallest absolute Gasteiger partial charge is 0.416 e. The van der Waals surface area contributed by atoms with Gasteiger partial charge in [0.1, 0.15) is 5.75 Å². The van der Waals surface area contributed by atoms with E-state index in [1.165, 1.54) is 24.3 Å². The van der Waals surface area contributed by atoms with Crippen LogP contribution in [0.15, 0.2) is 36.4 Å². The van der Waals surface area contributed by atoms with Gasteiger partial charge in [0.2, 0.25) is 0 Å². The number of nitrogens with zero attached hydrogens (tertiary/aromatic N) is 2. The van der Waals surface area contributed by atoms with Crippen LogP contribution in [0.3, 0.4) is 0 Å². The zero-order valence-corrected chi connectivity index (χ0v) is 14.0. The van der Waals surface area contributed by atoms with Crippen molar-refractivity contribution >= 4 is 11.4 Å². The van der Waals surface area contributed by atoms with Crippen LogP contribution >= 0.6 is 0 Å². The summed E-state index contributed by atoms with van der Waals surface area (Å²) < 4.78 is 43.9. The van der Waals surface area contributed by atoms with Gasteiger partial charge in [0.25, 0.3) is 5.75 Å². The van der Waals surface area contributed by atoms with E-state index in [0.717, 1.165) is 0 Å². The van der Waals surface area contributed by atoms with Gasteiger partial charge in [-0.3, -0.25) is 20.2 Å². The van der Waals surface area contributed by atoms with Crippen LogP contribution in [0.1, 0.15) is 23.6 Å². The summed E-state index contributed by atoms with van der Waals surface area (Å²) in [7, 11) is 0. The Hall–Kier alpha value is -3.25. The van der Waals surface area contributed by atoms with E-state index in [9.17, 15) is 33.4 Å². The molecule has 0 aliphatic rings. The lowest BCUT2D eigenvalue weighted by Crippen LogP contribution is -2.11. The van der Waals surface area contributed by atoms with Gasteiger partial charge in [0, 0.05) is 24.8 Å². The molecule has 1 atom stereocenters. The normalized spacial score (nSPS) is 12.5. The Labute approximate surface area is 155 Å². The molecule has 0 fully saturated rings. The van der Waals surface area contributed by atoms with Gasteiger partial charge in [-0.15, -0.1) is 0 Å². The van der Waals surface area contributed by atoms with Crippen molar-refractivity contribution < 1.29 is 32.9 Å². The highest BCUT2D eigenvalue weighted by Crippen LogP contribution is 2.44. The number of hydrogen-bond donors (Lipinski definition) is 2. The number of nitro groups is 2. The molecule has 3 N–H and O–H groups in total. The van der Waals surface area contributed by atoms with E-state index in [4.69, 9.17) is 15.6 Å². The third kappa shape index (κ3) is 4.72. The predicted molar refractivity (Wildman–Crippen MR) is 89.9 cm³/mol. The van der Waals surface area contributed by atoms with Crippen molar-refractivity contribution in [2.75, 3.05) is 6.61 Å². The molecule has 9 nitrogen and oxygen atoms in total. The quantitative estimate of drug-likeness (QED) is 0.532. The second-order valence-corrected chi connectivity index (χ2v) is 5.65. The van der Waals surface area contributed by atoms with Crippen LogP contribution in [0.5, 0.6) is 11.5 Å². The fourth-order valence-electron chi connectivity index (χ4n) is 2.34. The molecule has 0 amide bonds. The molecule has 2 aromatic rings. The van der Waals surface area contributed by atoms with Gasteiger partial charge >= 0.3 is 17.6 Å². The third-order valence-electron chi connectivity index (χ3n) is 3.74. The maximum Gasteiger partial charge on any atom is 0.416 e. The molecule has 1 unspecified atom stereocenters.